The number of alkyl halides is 3. The number of rotatable bonds is 3. The van der Waals surface area contributed by atoms with Gasteiger partial charge in [0, 0.05) is 24.8 Å². The molecule has 2 amide bonds. The summed E-state index contributed by atoms with van der Waals surface area (Å²) in [4.78, 5) is 26.6. The Bertz CT molecular complexity index is 1260. The van der Waals surface area contributed by atoms with Gasteiger partial charge in [-0.25, -0.2) is 4.79 Å². The van der Waals surface area contributed by atoms with E-state index in [0.717, 1.165) is 18.2 Å². The molecular weight excluding hydrogens is 473 g/mol. The third-order valence-electron chi connectivity index (χ3n) is 5.42. The number of amides is 2. The second-order valence-corrected chi connectivity index (χ2v) is 9.94. The van der Waals surface area contributed by atoms with E-state index < -0.39 is 28.8 Å². The van der Waals surface area contributed by atoms with Crippen LogP contribution < -0.4 is 5.32 Å². The molecule has 3 rings (SSSR count). The fourth-order valence-corrected chi connectivity index (χ4v) is 3.25. The topological polar surface area (TPSA) is 76.5 Å². The van der Waals surface area contributed by atoms with Crippen molar-refractivity contribution in [3.05, 3.63) is 47.3 Å². The molecular formula is C26H27F3N4O3. The van der Waals surface area contributed by atoms with Gasteiger partial charge in [0.1, 0.15) is 11.1 Å². The van der Waals surface area contributed by atoms with E-state index in [2.05, 4.69) is 28.2 Å². The predicted octanol–water partition coefficient (Wildman–Crippen LogP) is 4.48. The van der Waals surface area contributed by atoms with E-state index in [1.807, 2.05) is 0 Å². The molecule has 36 heavy (non-hydrogen) atoms. The summed E-state index contributed by atoms with van der Waals surface area (Å²) < 4.78 is 45.6. The van der Waals surface area contributed by atoms with Crippen molar-refractivity contribution in [2.45, 2.75) is 51.9 Å². The van der Waals surface area contributed by atoms with Crippen molar-refractivity contribution in [2.24, 2.45) is 5.92 Å². The van der Waals surface area contributed by atoms with Gasteiger partial charge in [0.05, 0.1) is 28.9 Å². The normalized spacial score (nSPS) is 14.2. The number of anilines is 1. The molecule has 1 aliphatic rings. The Morgan fingerprint density at radius 1 is 1.17 bits per heavy atom. The van der Waals surface area contributed by atoms with Gasteiger partial charge < -0.3 is 15.0 Å². The number of likely N-dealkylation sites (tertiary alicyclic amines) is 1. The summed E-state index contributed by atoms with van der Waals surface area (Å²) in [5, 5.41) is 6.82. The minimum absolute atomic E-state index is 0.000897. The van der Waals surface area contributed by atoms with Crippen LogP contribution in [0.2, 0.25) is 0 Å². The number of carbonyl (C=O) groups excluding carboxylic acids is 2. The maximum Gasteiger partial charge on any atom is 0.416 e. The molecule has 0 atom stereocenters. The van der Waals surface area contributed by atoms with Crippen molar-refractivity contribution in [3.63, 3.8) is 0 Å². The van der Waals surface area contributed by atoms with Gasteiger partial charge in [-0.1, -0.05) is 17.8 Å². The van der Waals surface area contributed by atoms with Crippen LogP contribution in [0.5, 0.6) is 0 Å². The summed E-state index contributed by atoms with van der Waals surface area (Å²) >= 11 is 0. The van der Waals surface area contributed by atoms with Gasteiger partial charge in [0.2, 0.25) is 0 Å². The van der Waals surface area contributed by atoms with Crippen LogP contribution in [-0.2, 0) is 21.2 Å². The molecule has 1 fully saturated rings. The van der Waals surface area contributed by atoms with Gasteiger partial charge in [-0.3, -0.25) is 9.48 Å². The van der Waals surface area contributed by atoms with Gasteiger partial charge in [-0.2, -0.15) is 18.3 Å². The maximum atomic E-state index is 13.0. The Labute approximate surface area is 208 Å². The second-order valence-electron chi connectivity index (χ2n) is 9.94. The lowest BCUT2D eigenvalue weighted by molar-refractivity contribution is -0.137. The molecule has 2 heterocycles. The van der Waals surface area contributed by atoms with Crippen LogP contribution in [0.15, 0.2) is 30.6 Å². The zero-order valence-corrected chi connectivity index (χ0v) is 20.7. The Kier molecular flexibility index (Phi) is 7.13. The smallest absolute Gasteiger partial charge is 0.416 e. The van der Waals surface area contributed by atoms with Crippen molar-refractivity contribution in [1.82, 2.24) is 14.7 Å². The molecule has 1 saturated heterocycles. The highest BCUT2D eigenvalue weighted by Gasteiger charge is 2.34. The first-order valence-corrected chi connectivity index (χ1v) is 11.1. The SMILES string of the molecule is C#Cc1cc(C(F)(F)F)ccc1NC(=O)C(C)(C)n1cc(C#CC2CN(C(=O)OC(C)(C)C)C2)cn1. The zero-order chi connectivity index (χ0) is 26.9. The summed E-state index contributed by atoms with van der Waals surface area (Å²) in [5.74, 6) is 7.74. The Morgan fingerprint density at radius 2 is 1.83 bits per heavy atom. The number of hydrogen-bond acceptors (Lipinski definition) is 4. The largest absolute Gasteiger partial charge is 0.444 e. The minimum atomic E-state index is -4.55. The highest BCUT2D eigenvalue weighted by molar-refractivity contribution is 5.97. The van der Waals surface area contributed by atoms with E-state index in [9.17, 15) is 22.8 Å². The number of hydrogen-bond donors (Lipinski definition) is 1. The van der Waals surface area contributed by atoms with E-state index in [1.54, 1.807) is 45.7 Å². The van der Waals surface area contributed by atoms with Crippen molar-refractivity contribution >= 4 is 17.7 Å². The van der Waals surface area contributed by atoms with Crippen molar-refractivity contribution in [1.29, 1.82) is 0 Å². The van der Waals surface area contributed by atoms with Crippen LogP contribution in [0.25, 0.3) is 0 Å². The highest BCUT2D eigenvalue weighted by atomic mass is 19.4. The minimum Gasteiger partial charge on any atom is -0.444 e. The summed E-state index contributed by atoms with van der Waals surface area (Å²) in [6.07, 6.45) is 3.55. The molecule has 2 aromatic rings. The Hall–Kier alpha value is -3.92. The molecule has 0 spiro atoms. The third-order valence-corrected chi connectivity index (χ3v) is 5.42. The van der Waals surface area contributed by atoms with Crippen LogP contribution in [0.1, 0.15) is 51.3 Å². The van der Waals surface area contributed by atoms with E-state index in [-0.39, 0.29) is 23.3 Å². The quantitative estimate of drug-likeness (QED) is 0.631. The number of aromatic nitrogens is 2. The summed E-state index contributed by atoms with van der Waals surface area (Å²) in [7, 11) is 0. The lowest BCUT2D eigenvalue weighted by atomic mass is 10.0. The summed E-state index contributed by atoms with van der Waals surface area (Å²) in [6, 6.07) is 2.80. The number of nitrogens with one attached hydrogen (secondary N) is 1. The molecule has 1 aromatic carbocycles. The first-order chi connectivity index (χ1) is 16.6. The van der Waals surface area contributed by atoms with Gasteiger partial charge in [-0.15, -0.1) is 6.42 Å². The average molecular weight is 501 g/mol. The third kappa shape index (κ3) is 6.19. The number of nitrogens with zero attached hydrogens (tertiary/aromatic N) is 3. The maximum absolute atomic E-state index is 13.0. The van der Waals surface area contributed by atoms with Gasteiger partial charge in [-0.05, 0) is 52.8 Å². The van der Waals surface area contributed by atoms with E-state index in [1.165, 1.54) is 10.9 Å². The van der Waals surface area contributed by atoms with Crippen LogP contribution in [0.4, 0.5) is 23.7 Å². The molecule has 190 valence electrons. The molecule has 1 aromatic heterocycles. The van der Waals surface area contributed by atoms with Crippen LogP contribution in [-0.4, -0.2) is 45.4 Å². The average Bonchev–Trinajstić information content (AvgIpc) is 3.20. The number of halogens is 3. The van der Waals surface area contributed by atoms with Crippen molar-refractivity contribution in [3.8, 4) is 24.2 Å². The van der Waals surface area contributed by atoms with Crippen molar-refractivity contribution in [2.75, 3.05) is 18.4 Å². The van der Waals surface area contributed by atoms with Crippen LogP contribution in [0.3, 0.4) is 0 Å². The highest BCUT2D eigenvalue weighted by Crippen LogP contribution is 2.32. The number of ether oxygens (including phenoxy) is 1. The first kappa shape index (κ1) is 26.7. The first-order valence-electron chi connectivity index (χ1n) is 11.1. The summed E-state index contributed by atoms with van der Waals surface area (Å²) in [5.41, 5.74) is -2.07. The Morgan fingerprint density at radius 3 is 2.42 bits per heavy atom. The fraction of sp³-hybridized carbons (Fsp3) is 0.423. The molecule has 0 bridgehead atoms. The monoisotopic (exact) mass is 500 g/mol. The Balaban J connectivity index is 1.64. The zero-order valence-electron chi connectivity index (χ0n) is 20.7. The predicted molar refractivity (Wildman–Crippen MR) is 128 cm³/mol. The number of terminal acetylenes is 1. The van der Waals surface area contributed by atoms with Crippen LogP contribution >= 0.6 is 0 Å². The molecule has 10 heteroatoms. The summed E-state index contributed by atoms with van der Waals surface area (Å²) in [6.45, 7) is 9.56. The number of benzene rings is 1. The molecule has 0 radical (unpaired) electrons. The second kappa shape index (κ2) is 9.62. The lowest BCUT2D eigenvalue weighted by Crippen LogP contribution is -2.51. The molecule has 1 aliphatic heterocycles. The van der Waals surface area contributed by atoms with E-state index >= 15 is 0 Å². The lowest BCUT2D eigenvalue weighted by Gasteiger charge is -2.37. The molecule has 7 nitrogen and oxygen atoms in total. The molecule has 1 N–H and O–H groups in total. The van der Waals surface area contributed by atoms with Crippen LogP contribution in [0, 0.1) is 30.1 Å². The van der Waals surface area contributed by atoms with Gasteiger partial charge in [0.15, 0.2) is 0 Å². The van der Waals surface area contributed by atoms with Crippen molar-refractivity contribution < 1.29 is 27.5 Å². The molecule has 0 aliphatic carbocycles. The molecule has 0 unspecified atom stereocenters. The van der Waals surface area contributed by atoms with Gasteiger partial charge >= 0.3 is 12.3 Å². The van der Waals surface area contributed by atoms with E-state index in [0.29, 0.717) is 18.7 Å². The standard InChI is InChI=1S/C26H27F3N4O3/c1-7-19-12-20(26(27,28)29)10-11-21(19)31-22(34)25(5,6)33-16-17(13-30-33)8-9-18-14-32(15-18)23(35)36-24(2,3)4/h1,10-13,16,18H,14-15H2,2-6H3,(H,31,34). The van der Waals surface area contributed by atoms with E-state index in [4.69, 9.17) is 11.2 Å². The van der Waals surface area contributed by atoms with Gasteiger partial charge in [0.25, 0.3) is 5.91 Å². The fourth-order valence-electron chi connectivity index (χ4n) is 3.25. The number of carbonyl (C=O) groups is 2. The molecule has 0 saturated carbocycles.